The number of amides is 2. The molecule has 0 heterocycles. The van der Waals surface area contributed by atoms with Gasteiger partial charge in [-0.1, -0.05) is 0 Å². The Morgan fingerprint density at radius 1 is 1.36 bits per heavy atom. The highest BCUT2D eigenvalue weighted by atomic mass is 16.2. The summed E-state index contributed by atoms with van der Waals surface area (Å²) in [6.45, 7) is 1.51. The monoisotopic (exact) mass is 199 g/mol. The van der Waals surface area contributed by atoms with Gasteiger partial charge in [0.1, 0.15) is 0 Å². The highest BCUT2D eigenvalue weighted by Crippen LogP contribution is 1.81. The van der Waals surface area contributed by atoms with Crippen molar-refractivity contribution in [3.8, 4) is 0 Å². The second-order valence-electron chi connectivity index (χ2n) is 3.18. The van der Waals surface area contributed by atoms with E-state index in [-0.39, 0.29) is 5.91 Å². The van der Waals surface area contributed by atoms with Crippen LogP contribution in [0.3, 0.4) is 0 Å². The molecule has 2 amide bonds. The van der Waals surface area contributed by atoms with Crippen LogP contribution < -0.4 is 11.1 Å². The first-order valence-electron chi connectivity index (χ1n) is 4.42. The van der Waals surface area contributed by atoms with Crippen molar-refractivity contribution < 1.29 is 9.59 Å². The van der Waals surface area contributed by atoms with E-state index in [1.165, 1.54) is 0 Å². The molecule has 5 nitrogen and oxygen atoms in total. The zero-order valence-corrected chi connectivity index (χ0v) is 8.62. The molecule has 0 atom stereocenters. The molecule has 0 saturated carbocycles. The number of hydrogen-bond donors (Lipinski definition) is 2. The van der Waals surface area contributed by atoms with Crippen molar-refractivity contribution in [3.63, 3.8) is 0 Å². The lowest BCUT2D eigenvalue weighted by Crippen LogP contribution is -2.25. The van der Waals surface area contributed by atoms with Crippen LogP contribution in [-0.2, 0) is 9.59 Å². The molecule has 5 heteroatoms. The molecule has 0 aromatic rings. The summed E-state index contributed by atoms with van der Waals surface area (Å²) in [5, 5.41) is 2.63. The summed E-state index contributed by atoms with van der Waals surface area (Å²) in [5.41, 5.74) is 4.82. The summed E-state index contributed by atoms with van der Waals surface area (Å²) in [4.78, 5) is 23.3. The molecule has 0 bridgehead atoms. The number of nitrogens with one attached hydrogen (secondary N) is 1. The first-order valence-corrected chi connectivity index (χ1v) is 4.42. The van der Waals surface area contributed by atoms with Crippen molar-refractivity contribution in [2.24, 2.45) is 5.73 Å². The molecule has 0 aromatic heterocycles. The molecule has 0 saturated heterocycles. The molecule has 0 spiro atoms. The molecule has 3 N–H and O–H groups in total. The van der Waals surface area contributed by atoms with Crippen molar-refractivity contribution in [2.45, 2.75) is 6.42 Å². The molecule has 0 aliphatic rings. The molecule has 80 valence electrons. The van der Waals surface area contributed by atoms with Crippen LogP contribution in [0.5, 0.6) is 0 Å². The Morgan fingerprint density at radius 3 is 2.50 bits per heavy atom. The van der Waals surface area contributed by atoms with Crippen LogP contribution >= 0.6 is 0 Å². The highest BCUT2D eigenvalue weighted by molar-refractivity contribution is 5.95. The fourth-order valence-corrected chi connectivity index (χ4v) is 0.824. The van der Waals surface area contributed by atoms with Crippen LogP contribution in [0.1, 0.15) is 6.42 Å². The van der Waals surface area contributed by atoms with Gasteiger partial charge in [0.2, 0.25) is 11.8 Å². The predicted molar refractivity (Wildman–Crippen MR) is 54.5 cm³/mol. The van der Waals surface area contributed by atoms with E-state index < -0.39 is 5.91 Å². The Hall–Kier alpha value is -1.36. The lowest BCUT2D eigenvalue weighted by molar-refractivity contribution is -0.117. The van der Waals surface area contributed by atoms with Crippen LogP contribution in [-0.4, -0.2) is 43.9 Å². The van der Waals surface area contributed by atoms with Crippen LogP contribution in [0.2, 0.25) is 0 Å². The third-order valence-electron chi connectivity index (χ3n) is 1.48. The van der Waals surface area contributed by atoms with Crippen molar-refractivity contribution in [1.82, 2.24) is 10.2 Å². The number of carbonyl (C=O) groups is 2. The number of rotatable bonds is 6. The molecular weight excluding hydrogens is 182 g/mol. The van der Waals surface area contributed by atoms with Crippen molar-refractivity contribution >= 4 is 11.8 Å². The van der Waals surface area contributed by atoms with Gasteiger partial charge in [-0.25, -0.2) is 0 Å². The van der Waals surface area contributed by atoms with Gasteiger partial charge in [0.05, 0.1) is 0 Å². The van der Waals surface area contributed by atoms with E-state index in [0.29, 0.717) is 6.54 Å². The number of hydrogen-bond acceptors (Lipinski definition) is 3. The summed E-state index contributed by atoms with van der Waals surface area (Å²) < 4.78 is 0. The quantitative estimate of drug-likeness (QED) is 0.430. The summed E-state index contributed by atoms with van der Waals surface area (Å²) in [6, 6.07) is 0. The zero-order valence-electron chi connectivity index (χ0n) is 8.62. The van der Waals surface area contributed by atoms with Crippen LogP contribution in [0.15, 0.2) is 12.2 Å². The third-order valence-corrected chi connectivity index (χ3v) is 1.48. The SMILES string of the molecule is CN(C)CCCNC(=O)C=CC(N)=O. The Kier molecular flexibility index (Phi) is 6.39. The molecule has 14 heavy (non-hydrogen) atoms. The maximum atomic E-state index is 11.0. The van der Waals surface area contributed by atoms with E-state index >= 15 is 0 Å². The summed E-state index contributed by atoms with van der Waals surface area (Å²) in [7, 11) is 3.93. The Labute approximate surface area is 83.9 Å². The van der Waals surface area contributed by atoms with E-state index in [2.05, 4.69) is 5.32 Å². The first-order chi connectivity index (χ1) is 6.52. The van der Waals surface area contributed by atoms with Gasteiger partial charge in [-0.3, -0.25) is 9.59 Å². The summed E-state index contributed by atoms with van der Waals surface area (Å²) in [5.74, 6) is -0.906. The van der Waals surface area contributed by atoms with Crippen molar-refractivity contribution in [2.75, 3.05) is 27.2 Å². The summed E-state index contributed by atoms with van der Waals surface area (Å²) >= 11 is 0. The second-order valence-corrected chi connectivity index (χ2v) is 3.18. The van der Waals surface area contributed by atoms with E-state index in [4.69, 9.17) is 5.73 Å². The molecule has 0 aromatic carbocycles. The van der Waals surface area contributed by atoms with E-state index in [0.717, 1.165) is 25.1 Å². The molecule has 0 aliphatic heterocycles. The topological polar surface area (TPSA) is 75.4 Å². The van der Waals surface area contributed by atoms with Gasteiger partial charge in [-0.15, -0.1) is 0 Å². The lowest BCUT2D eigenvalue weighted by Gasteiger charge is -2.08. The van der Waals surface area contributed by atoms with Gasteiger partial charge >= 0.3 is 0 Å². The van der Waals surface area contributed by atoms with E-state index in [1.54, 1.807) is 0 Å². The predicted octanol–water partition coefficient (Wildman–Crippen LogP) is -0.904. The largest absolute Gasteiger partial charge is 0.366 e. The highest BCUT2D eigenvalue weighted by Gasteiger charge is 1.95. The smallest absolute Gasteiger partial charge is 0.244 e. The number of nitrogens with two attached hydrogens (primary N) is 1. The zero-order chi connectivity index (χ0) is 11.0. The number of nitrogens with zero attached hydrogens (tertiary/aromatic N) is 1. The Bertz CT molecular complexity index is 224. The average Bonchev–Trinajstić information content (AvgIpc) is 2.08. The van der Waals surface area contributed by atoms with Gasteiger partial charge < -0.3 is 16.0 Å². The molecule has 0 aliphatic carbocycles. The van der Waals surface area contributed by atoms with Crippen molar-refractivity contribution in [1.29, 1.82) is 0 Å². The van der Waals surface area contributed by atoms with Crippen molar-refractivity contribution in [3.05, 3.63) is 12.2 Å². The molecule has 0 radical (unpaired) electrons. The van der Waals surface area contributed by atoms with Crippen LogP contribution in [0.4, 0.5) is 0 Å². The normalized spacial score (nSPS) is 10.8. The Balaban J connectivity index is 3.50. The van der Waals surface area contributed by atoms with Gasteiger partial charge in [-0.2, -0.15) is 0 Å². The Morgan fingerprint density at radius 2 is 2.00 bits per heavy atom. The maximum Gasteiger partial charge on any atom is 0.244 e. The fraction of sp³-hybridized carbons (Fsp3) is 0.556. The number of primary amides is 1. The van der Waals surface area contributed by atoms with E-state index in [1.807, 2.05) is 19.0 Å². The lowest BCUT2D eigenvalue weighted by atomic mass is 10.4. The minimum atomic E-state index is -0.617. The summed E-state index contributed by atoms with van der Waals surface area (Å²) in [6.07, 6.45) is 3.06. The fourth-order valence-electron chi connectivity index (χ4n) is 0.824. The standard InChI is InChI=1S/C9H17N3O2/c1-12(2)7-3-6-11-9(14)5-4-8(10)13/h4-5H,3,6-7H2,1-2H3,(H2,10,13)(H,11,14). The third kappa shape index (κ3) is 8.73. The second kappa shape index (κ2) is 7.08. The number of carbonyl (C=O) groups excluding carboxylic acids is 2. The van der Waals surface area contributed by atoms with Gasteiger partial charge in [-0.05, 0) is 27.1 Å². The van der Waals surface area contributed by atoms with Gasteiger partial charge in [0.15, 0.2) is 0 Å². The molecule has 0 rings (SSSR count). The minimum absolute atomic E-state index is 0.289. The molecule has 0 unspecified atom stereocenters. The first kappa shape index (κ1) is 12.6. The molecule has 0 fully saturated rings. The van der Waals surface area contributed by atoms with Gasteiger partial charge in [0, 0.05) is 18.7 Å². The van der Waals surface area contributed by atoms with Gasteiger partial charge in [0.25, 0.3) is 0 Å². The minimum Gasteiger partial charge on any atom is -0.366 e. The van der Waals surface area contributed by atoms with Crippen LogP contribution in [0.25, 0.3) is 0 Å². The average molecular weight is 199 g/mol. The van der Waals surface area contributed by atoms with Crippen LogP contribution in [0, 0.1) is 0 Å². The van der Waals surface area contributed by atoms with E-state index in [9.17, 15) is 9.59 Å². The maximum absolute atomic E-state index is 11.0. The molecular formula is C9H17N3O2.